The predicted octanol–water partition coefficient (Wildman–Crippen LogP) is 2.77. The Morgan fingerprint density at radius 2 is 1.63 bits per heavy atom. The van der Waals surface area contributed by atoms with E-state index in [2.05, 4.69) is 39.4 Å². The normalized spacial score (nSPS) is 15.9. The van der Waals surface area contributed by atoms with Crippen LogP contribution in [0.1, 0.15) is 11.1 Å². The van der Waals surface area contributed by atoms with Crippen LogP contribution in [0.3, 0.4) is 0 Å². The first-order valence-corrected chi connectivity index (χ1v) is 9.36. The summed E-state index contributed by atoms with van der Waals surface area (Å²) in [6, 6.07) is 16.5. The summed E-state index contributed by atoms with van der Waals surface area (Å²) in [4.78, 5) is 16.7. The summed E-state index contributed by atoms with van der Waals surface area (Å²) in [7, 11) is 0. The van der Waals surface area contributed by atoms with Gasteiger partial charge in [0.25, 0.3) is 0 Å². The van der Waals surface area contributed by atoms with E-state index in [1.54, 1.807) is 12.1 Å². The topological polar surface area (TPSA) is 35.6 Å². The third-order valence-electron chi connectivity index (χ3n) is 4.71. The maximum atomic E-state index is 12.9. The highest BCUT2D eigenvalue weighted by molar-refractivity contribution is 5.78. The van der Waals surface area contributed by atoms with Crippen molar-refractivity contribution in [1.29, 1.82) is 0 Å². The van der Waals surface area contributed by atoms with E-state index in [0.29, 0.717) is 13.1 Å². The Kier molecular flexibility index (Phi) is 7.13. The number of amides is 1. The van der Waals surface area contributed by atoms with E-state index in [-0.39, 0.29) is 11.7 Å². The second-order valence-electron chi connectivity index (χ2n) is 6.79. The minimum absolute atomic E-state index is 0.0109. The van der Waals surface area contributed by atoms with Crippen molar-refractivity contribution in [2.24, 2.45) is 0 Å². The number of nitrogens with zero attached hydrogens (tertiary/aromatic N) is 2. The summed E-state index contributed by atoms with van der Waals surface area (Å²) >= 11 is 0. The fourth-order valence-corrected chi connectivity index (χ4v) is 3.09. The van der Waals surface area contributed by atoms with E-state index in [0.717, 1.165) is 38.3 Å². The Labute approximate surface area is 160 Å². The molecule has 0 radical (unpaired) electrons. The molecule has 5 heteroatoms. The molecule has 0 atom stereocenters. The fraction of sp³-hybridized carbons (Fsp3) is 0.318. The predicted molar refractivity (Wildman–Crippen MR) is 107 cm³/mol. The molecule has 0 aromatic heterocycles. The van der Waals surface area contributed by atoms with Crippen LogP contribution in [0, 0.1) is 5.82 Å². The Balaban J connectivity index is 1.33. The second-order valence-corrected chi connectivity index (χ2v) is 6.79. The van der Waals surface area contributed by atoms with Crippen molar-refractivity contribution in [2.75, 3.05) is 39.3 Å². The molecule has 1 amide bonds. The molecule has 1 saturated heterocycles. The zero-order chi connectivity index (χ0) is 18.9. The first kappa shape index (κ1) is 19.3. The van der Waals surface area contributed by atoms with Crippen molar-refractivity contribution in [3.63, 3.8) is 0 Å². The first-order valence-electron chi connectivity index (χ1n) is 9.36. The summed E-state index contributed by atoms with van der Waals surface area (Å²) in [5, 5.41) is 2.90. The van der Waals surface area contributed by atoms with Crippen LogP contribution in [-0.4, -0.2) is 55.0 Å². The molecule has 0 aliphatic carbocycles. The molecule has 142 valence electrons. The first-order chi connectivity index (χ1) is 13.2. The van der Waals surface area contributed by atoms with Crippen molar-refractivity contribution >= 4 is 12.0 Å². The lowest BCUT2D eigenvalue weighted by atomic mass is 10.2. The highest BCUT2D eigenvalue weighted by Crippen LogP contribution is 2.05. The highest BCUT2D eigenvalue weighted by atomic mass is 19.1. The van der Waals surface area contributed by atoms with Gasteiger partial charge in [0.05, 0.1) is 6.54 Å². The summed E-state index contributed by atoms with van der Waals surface area (Å²) < 4.78 is 12.9. The average Bonchev–Trinajstić information content (AvgIpc) is 2.70. The lowest BCUT2D eigenvalue weighted by Gasteiger charge is -2.33. The van der Waals surface area contributed by atoms with Gasteiger partial charge in [-0.25, -0.2) is 4.39 Å². The maximum absolute atomic E-state index is 12.9. The lowest BCUT2D eigenvalue weighted by molar-refractivity contribution is -0.122. The number of rotatable bonds is 7. The summed E-state index contributed by atoms with van der Waals surface area (Å²) in [6.07, 6.45) is 4.34. The van der Waals surface area contributed by atoms with Crippen molar-refractivity contribution in [3.05, 3.63) is 77.6 Å². The molecule has 3 rings (SSSR count). The van der Waals surface area contributed by atoms with Crippen LogP contribution in [0.5, 0.6) is 0 Å². The second kappa shape index (κ2) is 10.00. The molecule has 1 aliphatic heterocycles. The fourth-order valence-electron chi connectivity index (χ4n) is 3.09. The summed E-state index contributed by atoms with van der Waals surface area (Å²) in [5.41, 5.74) is 2.12. The van der Waals surface area contributed by atoms with E-state index in [9.17, 15) is 9.18 Å². The molecule has 1 aliphatic rings. The van der Waals surface area contributed by atoms with Crippen molar-refractivity contribution in [1.82, 2.24) is 15.1 Å². The number of halogens is 1. The Morgan fingerprint density at radius 3 is 2.33 bits per heavy atom. The zero-order valence-electron chi connectivity index (χ0n) is 15.5. The molecule has 0 spiro atoms. The van der Waals surface area contributed by atoms with E-state index in [1.165, 1.54) is 17.7 Å². The van der Waals surface area contributed by atoms with Crippen LogP contribution in [0.15, 0.2) is 60.7 Å². The summed E-state index contributed by atoms with van der Waals surface area (Å²) in [6.45, 7) is 5.48. The smallest absolute Gasteiger partial charge is 0.234 e. The minimum Gasteiger partial charge on any atom is -0.351 e. The zero-order valence-corrected chi connectivity index (χ0v) is 15.5. The van der Waals surface area contributed by atoms with E-state index in [1.807, 2.05) is 18.2 Å². The molecule has 2 aromatic rings. The van der Waals surface area contributed by atoms with Gasteiger partial charge in [0.15, 0.2) is 0 Å². The van der Waals surface area contributed by atoms with Crippen LogP contribution in [0.4, 0.5) is 4.39 Å². The van der Waals surface area contributed by atoms with Crippen LogP contribution < -0.4 is 5.32 Å². The third-order valence-corrected chi connectivity index (χ3v) is 4.71. The number of hydrogen-bond acceptors (Lipinski definition) is 3. The van der Waals surface area contributed by atoms with Crippen molar-refractivity contribution in [2.45, 2.75) is 6.54 Å². The number of benzene rings is 2. The van der Waals surface area contributed by atoms with Gasteiger partial charge < -0.3 is 5.32 Å². The van der Waals surface area contributed by atoms with Crippen molar-refractivity contribution < 1.29 is 9.18 Å². The maximum Gasteiger partial charge on any atom is 0.234 e. The molecule has 0 bridgehead atoms. The van der Waals surface area contributed by atoms with Gasteiger partial charge in [-0.05, 0) is 23.3 Å². The molecule has 0 unspecified atom stereocenters. The molecular formula is C22H26FN3O. The van der Waals surface area contributed by atoms with Gasteiger partial charge in [-0.15, -0.1) is 0 Å². The van der Waals surface area contributed by atoms with Gasteiger partial charge in [0.2, 0.25) is 5.91 Å². The number of carbonyl (C=O) groups is 1. The average molecular weight is 367 g/mol. The van der Waals surface area contributed by atoms with E-state index < -0.39 is 0 Å². The van der Waals surface area contributed by atoms with E-state index >= 15 is 0 Å². The molecule has 1 N–H and O–H groups in total. The van der Waals surface area contributed by atoms with Gasteiger partial charge in [-0.3, -0.25) is 14.6 Å². The Hall–Kier alpha value is -2.50. The lowest BCUT2D eigenvalue weighted by Crippen LogP contribution is -2.49. The number of carbonyl (C=O) groups excluding carboxylic acids is 1. The van der Waals surface area contributed by atoms with Gasteiger partial charge in [-0.1, -0.05) is 54.6 Å². The van der Waals surface area contributed by atoms with Crippen LogP contribution in [0.25, 0.3) is 6.08 Å². The van der Waals surface area contributed by atoms with Gasteiger partial charge in [0, 0.05) is 39.3 Å². The molecular weight excluding hydrogens is 341 g/mol. The highest BCUT2D eigenvalue weighted by Gasteiger charge is 2.17. The minimum atomic E-state index is -0.262. The standard InChI is InChI=1S/C22H26FN3O/c23-21-10-8-20(9-11-21)17-24-22(27)18-26-15-13-25(14-16-26)12-4-7-19-5-2-1-3-6-19/h1-11H,12-18H2,(H,24,27)/b7-4+. The monoisotopic (exact) mass is 367 g/mol. The van der Waals surface area contributed by atoms with E-state index in [4.69, 9.17) is 0 Å². The largest absolute Gasteiger partial charge is 0.351 e. The number of nitrogens with one attached hydrogen (secondary N) is 1. The molecule has 1 heterocycles. The number of hydrogen-bond donors (Lipinski definition) is 1. The molecule has 1 fully saturated rings. The molecule has 27 heavy (non-hydrogen) atoms. The molecule has 0 saturated carbocycles. The Morgan fingerprint density at radius 1 is 0.963 bits per heavy atom. The van der Waals surface area contributed by atoms with Gasteiger partial charge in [-0.2, -0.15) is 0 Å². The van der Waals surface area contributed by atoms with Crippen LogP contribution >= 0.6 is 0 Å². The quantitative estimate of drug-likeness (QED) is 0.817. The van der Waals surface area contributed by atoms with Gasteiger partial charge in [0.1, 0.15) is 5.82 Å². The van der Waals surface area contributed by atoms with Crippen molar-refractivity contribution in [3.8, 4) is 0 Å². The third kappa shape index (κ3) is 6.62. The molecule has 2 aromatic carbocycles. The van der Waals surface area contributed by atoms with Crippen LogP contribution in [0.2, 0.25) is 0 Å². The summed E-state index contributed by atoms with van der Waals surface area (Å²) in [5.74, 6) is -0.252. The Bertz CT molecular complexity index is 738. The SMILES string of the molecule is O=C(CN1CCN(C/C=C/c2ccccc2)CC1)NCc1ccc(F)cc1. The molecule has 4 nitrogen and oxygen atoms in total. The van der Waals surface area contributed by atoms with Crippen LogP contribution in [-0.2, 0) is 11.3 Å². The number of piperazine rings is 1. The van der Waals surface area contributed by atoms with Gasteiger partial charge >= 0.3 is 0 Å².